The summed E-state index contributed by atoms with van der Waals surface area (Å²) in [6, 6.07) is 0. The van der Waals surface area contributed by atoms with Crippen molar-refractivity contribution < 1.29 is 23.8 Å². The summed E-state index contributed by atoms with van der Waals surface area (Å²) < 4.78 is 15.5. The van der Waals surface area contributed by atoms with Gasteiger partial charge in [0, 0.05) is 0 Å². The molecule has 0 bridgehead atoms. The molecule has 1 aliphatic heterocycles. The molecule has 0 saturated heterocycles. The molecule has 5 nitrogen and oxygen atoms in total. The predicted octanol–water partition coefficient (Wildman–Crippen LogP) is 1.08. The molecule has 0 aromatic heterocycles. The highest BCUT2D eigenvalue weighted by molar-refractivity contribution is 5.94. The Morgan fingerprint density at radius 1 is 1.53 bits per heavy atom. The topological polar surface area (TPSA) is 61.8 Å². The number of hydrogen-bond donors (Lipinski definition) is 0. The first kappa shape index (κ1) is 15.4. The number of esters is 1. The Morgan fingerprint density at radius 2 is 2.21 bits per heavy atom. The van der Waals surface area contributed by atoms with Crippen LogP contribution in [0.1, 0.15) is 20.8 Å². The SMILES string of the molecule is C#CCO[C@@H]1C=CC(=O)[C@@H](COC(=O)C(C)(C)C)O1. The Labute approximate surface area is 112 Å². The van der Waals surface area contributed by atoms with Crippen LogP contribution in [0.2, 0.25) is 0 Å². The molecular weight excluding hydrogens is 248 g/mol. The van der Waals surface area contributed by atoms with Gasteiger partial charge in [0.1, 0.15) is 13.2 Å². The molecule has 5 heteroatoms. The van der Waals surface area contributed by atoms with Gasteiger partial charge >= 0.3 is 5.97 Å². The molecule has 0 aliphatic carbocycles. The van der Waals surface area contributed by atoms with Crippen LogP contribution in [0.15, 0.2) is 12.2 Å². The van der Waals surface area contributed by atoms with Gasteiger partial charge in [-0.1, -0.05) is 5.92 Å². The first-order valence-electron chi connectivity index (χ1n) is 5.94. The predicted molar refractivity (Wildman–Crippen MR) is 68.0 cm³/mol. The molecule has 0 radical (unpaired) electrons. The van der Waals surface area contributed by atoms with Gasteiger partial charge in [-0.2, -0.15) is 0 Å². The van der Waals surface area contributed by atoms with Crippen LogP contribution in [-0.2, 0) is 23.8 Å². The maximum absolute atomic E-state index is 11.6. The van der Waals surface area contributed by atoms with Gasteiger partial charge < -0.3 is 14.2 Å². The molecule has 0 fully saturated rings. The van der Waals surface area contributed by atoms with Crippen molar-refractivity contribution >= 4 is 11.8 Å². The van der Waals surface area contributed by atoms with Gasteiger partial charge in [0.2, 0.25) is 0 Å². The lowest BCUT2D eigenvalue weighted by molar-refractivity contribution is -0.177. The van der Waals surface area contributed by atoms with Gasteiger partial charge in [-0.15, -0.1) is 6.42 Å². The molecule has 0 amide bonds. The van der Waals surface area contributed by atoms with Gasteiger partial charge in [-0.05, 0) is 32.9 Å². The molecule has 1 rings (SSSR count). The summed E-state index contributed by atoms with van der Waals surface area (Å²) in [4.78, 5) is 23.2. The van der Waals surface area contributed by atoms with Gasteiger partial charge in [-0.25, -0.2) is 0 Å². The van der Waals surface area contributed by atoms with Crippen molar-refractivity contribution in [1.29, 1.82) is 0 Å². The minimum absolute atomic E-state index is 0.0810. The van der Waals surface area contributed by atoms with E-state index in [1.165, 1.54) is 12.2 Å². The molecule has 0 spiro atoms. The van der Waals surface area contributed by atoms with E-state index in [0.717, 1.165) is 0 Å². The lowest BCUT2D eigenvalue weighted by Gasteiger charge is -2.25. The van der Waals surface area contributed by atoms with Gasteiger partial charge in [0.05, 0.1) is 5.41 Å². The highest BCUT2D eigenvalue weighted by Gasteiger charge is 2.29. The van der Waals surface area contributed by atoms with E-state index in [4.69, 9.17) is 20.6 Å². The third-order valence-corrected chi connectivity index (χ3v) is 2.34. The minimum atomic E-state index is -0.848. The van der Waals surface area contributed by atoms with Crippen LogP contribution in [0.5, 0.6) is 0 Å². The second-order valence-electron chi connectivity index (χ2n) is 5.12. The van der Waals surface area contributed by atoms with Crippen LogP contribution in [0.4, 0.5) is 0 Å². The van der Waals surface area contributed by atoms with Crippen LogP contribution >= 0.6 is 0 Å². The summed E-state index contributed by atoms with van der Waals surface area (Å²) in [5.74, 6) is 1.65. The minimum Gasteiger partial charge on any atom is -0.462 e. The van der Waals surface area contributed by atoms with Gasteiger partial charge in [-0.3, -0.25) is 9.59 Å². The number of terminal acetylenes is 1. The Bertz CT molecular complexity index is 411. The van der Waals surface area contributed by atoms with Crippen molar-refractivity contribution in [3.63, 3.8) is 0 Å². The molecule has 0 aromatic rings. The Morgan fingerprint density at radius 3 is 2.79 bits per heavy atom. The number of carbonyl (C=O) groups is 2. The van der Waals surface area contributed by atoms with Crippen LogP contribution < -0.4 is 0 Å². The van der Waals surface area contributed by atoms with Crippen LogP contribution in [0.3, 0.4) is 0 Å². The summed E-state index contributed by atoms with van der Waals surface area (Å²) in [6.45, 7) is 5.15. The quantitative estimate of drug-likeness (QED) is 0.563. The van der Waals surface area contributed by atoms with Crippen LogP contribution in [0, 0.1) is 17.8 Å². The zero-order valence-electron chi connectivity index (χ0n) is 11.3. The fourth-order valence-corrected chi connectivity index (χ4v) is 1.27. The van der Waals surface area contributed by atoms with Crippen LogP contribution in [0.25, 0.3) is 0 Å². The molecule has 2 atom stereocenters. The van der Waals surface area contributed by atoms with Crippen molar-refractivity contribution in [2.24, 2.45) is 5.41 Å². The van der Waals surface area contributed by atoms with Crippen molar-refractivity contribution in [2.75, 3.05) is 13.2 Å². The largest absolute Gasteiger partial charge is 0.462 e. The standard InChI is InChI=1S/C14H18O5/c1-5-8-17-12-7-6-10(15)11(19-12)9-18-13(16)14(2,3)4/h1,6-7,11-12H,8-9H2,2-4H3/t11-,12+/m1/s1. The molecule has 1 heterocycles. The number of ether oxygens (including phenoxy) is 3. The fraction of sp³-hybridized carbons (Fsp3) is 0.571. The van der Waals surface area contributed by atoms with Crippen molar-refractivity contribution in [3.05, 3.63) is 12.2 Å². The second kappa shape index (κ2) is 6.50. The number of ketones is 1. The molecule has 0 unspecified atom stereocenters. The van der Waals surface area contributed by atoms with E-state index in [1.54, 1.807) is 20.8 Å². The Hall–Kier alpha value is -1.64. The third kappa shape index (κ3) is 4.86. The summed E-state index contributed by atoms with van der Waals surface area (Å²) >= 11 is 0. The molecule has 0 aromatic carbocycles. The molecule has 19 heavy (non-hydrogen) atoms. The lowest BCUT2D eigenvalue weighted by Crippen LogP contribution is -2.38. The van der Waals surface area contributed by atoms with Gasteiger partial charge in [0.15, 0.2) is 18.2 Å². The average Bonchev–Trinajstić information content (AvgIpc) is 2.34. The second-order valence-corrected chi connectivity index (χ2v) is 5.12. The first-order chi connectivity index (χ1) is 8.84. The fourth-order valence-electron chi connectivity index (χ4n) is 1.27. The highest BCUT2D eigenvalue weighted by Crippen LogP contribution is 2.17. The number of carbonyl (C=O) groups excluding carboxylic acids is 2. The zero-order valence-corrected chi connectivity index (χ0v) is 11.3. The molecule has 104 valence electrons. The summed E-state index contributed by atoms with van der Waals surface area (Å²) in [5.41, 5.74) is -0.618. The summed E-state index contributed by atoms with van der Waals surface area (Å²) in [6.07, 6.45) is 6.35. The van der Waals surface area contributed by atoms with Gasteiger partial charge in [0.25, 0.3) is 0 Å². The molecular formula is C14H18O5. The number of rotatable bonds is 4. The lowest BCUT2D eigenvalue weighted by atomic mass is 9.97. The third-order valence-electron chi connectivity index (χ3n) is 2.34. The van der Waals surface area contributed by atoms with E-state index in [0.29, 0.717) is 0 Å². The maximum atomic E-state index is 11.6. The Kier molecular flexibility index (Phi) is 5.28. The van der Waals surface area contributed by atoms with Crippen molar-refractivity contribution in [2.45, 2.75) is 33.2 Å². The monoisotopic (exact) mass is 266 g/mol. The molecule has 1 aliphatic rings. The van der Waals surface area contributed by atoms with Crippen LogP contribution in [-0.4, -0.2) is 37.4 Å². The van der Waals surface area contributed by atoms with Crippen molar-refractivity contribution in [3.8, 4) is 12.3 Å². The Balaban J connectivity index is 2.50. The number of hydrogen-bond acceptors (Lipinski definition) is 5. The van der Waals surface area contributed by atoms with E-state index >= 15 is 0 Å². The first-order valence-corrected chi connectivity index (χ1v) is 5.94. The van der Waals surface area contributed by atoms with E-state index in [-0.39, 0.29) is 25.0 Å². The van der Waals surface area contributed by atoms with E-state index in [9.17, 15) is 9.59 Å². The maximum Gasteiger partial charge on any atom is 0.311 e. The molecule has 0 saturated carbocycles. The van der Waals surface area contributed by atoms with Crippen molar-refractivity contribution in [1.82, 2.24) is 0 Å². The zero-order chi connectivity index (χ0) is 14.5. The van der Waals surface area contributed by atoms with E-state index in [2.05, 4.69) is 5.92 Å². The normalized spacial score (nSPS) is 22.9. The smallest absolute Gasteiger partial charge is 0.311 e. The van der Waals surface area contributed by atoms with E-state index < -0.39 is 17.8 Å². The van der Waals surface area contributed by atoms with E-state index in [1.807, 2.05) is 0 Å². The highest BCUT2D eigenvalue weighted by atomic mass is 16.7. The summed E-state index contributed by atoms with van der Waals surface area (Å²) in [5, 5.41) is 0. The average molecular weight is 266 g/mol. The molecule has 0 N–H and O–H groups in total. The summed E-state index contributed by atoms with van der Waals surface area (Å²) in [7, 11) is 0.